The summed E-state index contributed by atoms with van der Waals surface area (Å²) in [6.45, 7) is 0.645. The zero-order valence-corrected chi connectivity index (χ0v) is 17.0. The second kappa shape index (κ2) is 8.47. The highest BCUT2D eigenvalue weighted by Crippen LogP contribution is 2.32. The van der Waals surface area contributed by atoms with Gasteiger partial charge in [0.2, 0.25) is 5.43 Å². The van der Waals surface area contributed by atoms with Crippen molar-refractivity contribution in [2.45, 2.75) is 12.7 Å². The molecule has 0 amide bonds. The van der Waals surface area contributed by atoms with Crippen LogP contribution >= 0.6 is 0 Å². The number of rotatable bonds is 4. The molecule has 3 aromatic rings. The number of carbonyl (C=O) groups is 1. The lowest BCUT2D eigenvalue weighted by Gasteiger charge is -2.30. The van der Waals surface area contributed by atoms with E-state index < -0.39 is 45.7 Å². The van der Waals surface area contributed by atoms with Crippen LogP contribution in [0.15, 0.2) is 41.3 Å². The lowest BCUT2D eigenvalue weighted by Crippen LogP contribution is -2.37. The van der Waals surface area contributed by atoms with E-state index in [4.69, 9.17) is 4.74 Å². The van der Waals surface area contributed by atoms with Crippen molar-refractivity contribution in [3.8, 4) is 0 Å². The zero-order valence-electron chi connectivity index (χ0n) is 17.0. The van der Waals surface area contributed by atoms with Crippen molar-refractivity contribution in [3.05, 3.63) is 75.1 Å². The van der Waals surface area contributed by atoms with Crippen LogP contribution in [0.25, 0.3) is 10.9 Å². The van der Waals surface area contributed by atoms with Gasteiger partial charge in [-0.05, 0) is 23.8 Å². The number of hydrogen-bond donors (Lipinski definition) is 1. The monoisotopic (exact) mass is 468 g/mol. The van der Waals surface area contributed by atoms with Crippen LogP contribution in [0.2, 0.25) is 0 Å². The highest BCUT2D eigenvalue weighted by Gasteiger charge is 2.30. The molecule has 11 heteroatoms. The molecule has 174 valence electrons. The summed E-state index contributed by atoms with van der Waals surface area (Å²) in [4.78, 5) is 25.6. The standard InChI is InChI=1S/C22H17F5N2O4/c23-16-9-14-18(17(24)19(16)28-5-7-33-8-6-28)29(11-15(20(14)30)21(31)32)10-12-1-3-13(4-2-12)22(25,26)27/h1-4,9,11H,5-8,10H2,(H,31,32). The van der Waals surface area contributed by atoms with Gasteiger partial charge in [0.15, 0.2) is 5.82 Å². The molecule has 1 fully saturated rings. The summed E-state index contributed by atoms with van der Waals surface area (Å²) >= 11 is 0. The number of halogens is 5. The third-order valence-electron chi connectivity index (χ3n) is 5.42. The van der Waals surface area contributed by atoms with E-state index in [1.807, 2.05) is 0 Å². The number of benzene rings is 2. The highest BCUT2D eigenvalue weighted by atomic mass is 19.4. The number of carboxylic acids is 1. The molecule has 0 bridgehead atoms. The Labute approximate surface area is 183 Å². The van der Waals surface area contributed by atoms with Crippen molar-refractivity contribution < 1.29 is 36.6 Å². The number of anilines is 1. The van der Waals surface area contributed by atoms with Gasteiger partial charge in [0.25, 0.3) is 0 Å². The normalized spacial score (nSPS) is 14.6. The lowest BCUT2D eigenvalue weighted by atomic mass is 10.1. The first kappa shape index (κ1) is 22.7. The Hall–Kier alpha value is -3.47. The number of aromatic carboxylic acids is 1. The van der Waals surface area contributed by atoms with Crippen molar-refractivity contribution in [2.24, 2.45) is 0 Å². The van der Waals surface area contributed by atoms with E-state index in [0.29, 0.717) is 5.56 Å². The van der Waals surface area contributed by atoms with Crippen LogP contribution in [0.1, 0.15) is 21.5 Å². The average molecular weight is 468 g/mol. The number of carboxylic acid groups (broad SMARTS) is 1. The molecule has 1 aromatic heterocycles. The summed E-state index contributed by atoms with van der Waals surface area (Å²) < 4.78 is 75.3. The molecule has 2 heterocycles. The average Bonchev–Trinajstić information content (AvgIpc) is 2.76. The van der Waals surface area contributed by atoms with Gasteiger partial charge in [0.1, 0.15) is 17.1 Å². The molecule has 1 saturated heterocycles. The van der Waals surface area contributed by atoms with E-state index >= 15 is 4.39 Å². The molecule has 0 atom stereocenters. The molecule has 0 aliphatic carbocycles. The Bertz CT molecular complexity index is 1280. The maximum atomic E-state index is 15.6. The first-order valence-corrected chi connectivity index (χ1v) is 9.85. The van der Waals surface area contributed by atoms with Crippen molar-refractivity contribution in [1.82, 2.24) is 4.57 Å². The molecule has 4 rings (SSSR count). The molecule has 0 saturated carbocycles. The van der Waals surface area contributed by atoms with Gasteiger partial charge in [0.05, 0.1) is 29.7 Å². The van der Waals surface area contributed by atoms with Crippen LogP contribution < -0.4 is 10.3 Å². The largest absolute Gasteiger partial charge is 0.477 e. The van der Waals surface area contributed by atoms with Crippen LogP contribution in [0, 0.1) is 11.6 Å². The maximum absolute atomic E-state index is 15.6. The van der Waals surface area contributed by atoms with Gasteiger partial charge in [-0.3, -0.25) is 4.79 Å². The quantitative estimate of drug-likeness (QED) is 0.589. The molecular formula is C22H17F5N2O4. The molecule has 0 unspecified atom stereocenters. The fourth-order valence-corrected chi connectivity index (χ4v) is 3.83. The lowest BCUT2D eigenvalue weighted by molar-refractivity contribution is -0.137. The van der Waals surface area contributed by atoms with Gasteiger partial charge in [-0.15, -0.1) is 0 Å². The number of fused-ring (bicyclic) bond motifs is 1. The number of pyridine rings is 1. The van der Waals surface area contributed by atoms with Gasteiger partial charge in [-0.25, -0.2) is 13.6 Å². The molecule has 0 spiro atoms. The molecular weight excluding hydrogens is 451 g/mol. The smallest absolute Gasteiger partial charge is 0.416 e. The number of morpholine rings is 1. The number of ether oxygens (including phenoxy) is 1. The van der Waals surface area contributed by atoms with Gasteiger partial charge < -0.3 is 19.3 Å². The summed E-state index contributed by atoms with van der Waals surface area (Å²) in [6, 6.07) is 4.80. The van der Waals surface area contributed by atoms with E-state index in [1.54, 1.807) is 0 Å². The second-order valence-corrected chi connectivity index (χ2v) is 7.52. The summed E-state index contributed by atoms with van der Waals surface area (Å²) in [6.07, 6.45) is -3.63. The van der Waals surface area contributed by atoms with Gasteiger partial charge >= 0.3 is 12.1 Å². The molecule has 33 heavy (non-hydrogen) atoms. The summed E-state index contributed by atoms with van der Waals surface area (Å²) in [5, 5.41) is 8.91. The Balaban J connectivity index is 1.90. The van der Waals surface area contributed by atoms with Crippen molar-refractivity contribution in [3.63, 3.8) is 0 Å². The van der Waals surface area contributed by atoms with Crippen molar-refractivity contribution in [1.29, 1.82) is 0 Å². The number of nitrogens with zero attached hydrogens (tertiary/aromatic N) is 2. The Kier molecular flexibility index (Phi) is 5.83. The van der Waals surface area contributed by atoms with Crippen molar-refractivity contribution >= 4 is 22.6 Å². The number of alkyl halides is 3. The van der Waals surface area contributed by atoms with Crippen LogP contribution in [0.5, 0.6) is 0 Å². The first-order chi connectivity index (χ1) is 15.6. The van der Waals surface area contributed by atoms with Crippen LogP contribution in [0.4, 0.5) is 27.6 Å². The Morgan fingerprint density at radius 3 is 2.30 bits per heavy atom. The number of aromatic nitrogens is 1. The van der Waals surface area contributed by atoms with Gasteiger partial charge in [0, 0.05) is 25.8 Å². The summed E-state index contributed by atoms with van der Waals surface area (Å²) in [7, 11) is 0. The van der Waals surface area contributed by atoms with Gasteiger partial charge in [-0.2, -0.15) is 13.2 Å². The first-order valence-electron chi connectivity index (χ1n) is 9.85. The van der Waals surface area contributed by atoms with Gasteiger partial charge in [-0.1, -0.05) is 12.1 Å². The minimum Gasteiger partial charge on any atom is -0.477 e. The third-order valence-corrected chi connectivity index (χ3v) is 5.42. The SMILES string of the molecule is O=C(O)c1cn(Cc2ccc(C(F)(F)F)cc2)c2c(F)c(N3CCOCC3)c(F)cc2c1=O. The predicted molar refractivity (Wildman–Crippen MR) is 109 cm³/mol. The summed E-state index contributed by atoms with van der Waals surface area (Å²) in [5.41, 5.74) is -3.09. The van der Waals surface area contributed by atoms with Crippen LogP contribution in [-0.4, -0.2) is 41.9 Å². The van der Waals surface area contributed by atoms with E-state index in [2.05, 4.69) is 0 Å². The Morgan fingerprint density at radius 2 is 1.73 bits per heavy atom. The minimum absolute atomic E-state index is 0.204. The third kappa shape index (κ3) is 4.28. The highest BCUT2D eigenvalue weighted by molar-refractivity contribution is 5.94. The molecule has 6 nitrogen and oxygen atoms in total. The molecule has 1 N–H and O–H groups in total. The topological polar surface area (TPSA) is 71.8 Å². The van der Waals surface area contributed by atoms with E-state index in [0.717, 1.165) is 41.1 Å². The van der Waals surface area contributed by atoms with Crippen LogP contribution in [0.3, 0.4) is 0 Å². The summed E-state index contributed by atoms with van der Waals surface area (Å²) in [5.74, 6) is -3.68. The predicted octanol–water partition coefficient (Wildman–Crippen LogP) is 3.88. The van der Waals surface area contributed by atoms with Crippen LogP contribution in [-0.2, 0) is 17.5 Å². The molecule has 1 aliphatic heterocycles. The van der Waals surface area contributed by atoms with Crippen molar-refractivity contribution in [2.75, 3.05) is 31.2 Å². The second-order valence-electron chi connectivity index (χ2n) is 7.52. The number of hydrogen-bond acceptors (Lipinski definition) is 4. The fourth-order valence-electron chi connectivity index (χ4n) is 3.83. The zero-order chi connectivity index (χ0) is 23.9. The molecule has 1 aliphatic rings. The van der Waals surface area contributed by atoms with E-state index in [-0.39, 0.29) is 44.1 Å². The van der Waals surface area contributed by atoms with E-state index in [9.17, 15) is 32.3 Å². The molecule has 0 radical (unpaired) electrons. The maximum Gasteiger partial charge on any atom is 0.416 e. The minimum atomic E-state index is -4.55. The van der Waals surface area contributed by atoms with E-state index in [1.165, 1.54) is 4.90 Å². The fraction of sp³-hybridized carbons (Fsp3) is 0.273. The molecule has 2 aromatic carbocycles. The Morgan fingerprint density at radius 1 is 1.09 bits per heavy atom.